The molecule has 0 aliphatic carbocycles. The van der Waals surface area contributed by atoms with Crippen LogP contribution in [-0.2, 0) is 4.74 Å². The zero-order valence-electron chi connectivity index (χ0n) is 12.3. The Morgan fingerprint density at radius 1 is 1.37 bits per heavy atom. The third kappa shape index (κ3) is 3.39. The Kier molecular flexibility index (Phi) is 4.66. The van der Waals surface area contributed by atoms with Crippen LogP contribution in [0.2, 0.25) is 0 Å². The van der Waals surface area contributed by atoms with E-state index >= 15 is 0 Å². The first kappa shape index (κ1) is 14.2. The molecule has 1 aromatic carbocycles. The maximum Gasteiger partial charge on any atom is 0.142 e. The van der Waals surface area contributed by atoms with Crippen molar-refractivity contribution >= 4 is 5.69 Å². The van der Waals surface area contributed by atoms with Crippen molar-refractivity contribution in [1.29, 1.82) is 0 Å². The average Bonchev–Trinajstić information content (AvgIpc) is 2.42. The second-order valence-electron chi connectivity index (χ2n) is 5.19. The fourth-order valence-electron chi connectivity index (χ4n) is 2.38. The Hall–Kier alpha value is -1.26. The van der Waals surface area contributed by atoms with Crippen LogP contribution in [0.4, 0.5) is 5.69 Å². The summed E-state index contributed by atoms with van der Waals surface area (Å²) in [6.45, 7) is 7.76. The van der Waals surface area contributed by atoms with E-state index in [1.807, 2.05) is 0 Å². The van der Waals surface area contributed by atoms with Crippen molar-refractivity contribution in [1.82, 2.24) is 5.32 Å². The molecule has 1 saturated heterocycles. The van der Waals surface area contributed by atoms with E-state index in [1.165, 1.54) is 11.1 Å². The summed E-state index contributed by atoms with van der Waals surface area (Å²) in [7, 11) is 3.81. The lowest BCUT2D eigenvalue weighted by Crippen LogP contribution is -2.44. The van der Waals surface area contributed by atoms with Crippen LogP contribution in [0.3, 0.4) is 0 Å². The summed E-state index contributed by atoms with van der Waals surface area (Å²) in [5.41, 5.74) is 3.66. The molecule has 1 N–H and O–H groups in total. The first-order valence-electron chi connectivity index (χ1n) is 6.80. The predicted molar refractivity (Wildman–Crippen MR) is 78.3 cm³/mol. The highest BCUT2D eigenvalue weighted by Gasteiger charge is 2.18. The number of likely N-dealkylation sites (N-methyl/N-ethyl adjacent to an activating group) is 1. The molecule has 1 atom stereocenters. The summed E-state index contributed by atoms with van der Waals surface area (Å²) in [5.74, 6) is 0.925. The first-order chi connectivity index (χ1) is 9.11. The van der Waals surface area contributed by atoms with Gasteiger partial charge in [-0.1, -0.05) is 0 Å². The summed E-state index contributed by atoms with van der Waals surface area (Å²) in [5, 5.41) is 3.36. The average molecular weight is 264 g/mol. The van der Waals surface area contributed by atoms with Gasteiger partial charge < -0.3 is 19.7 Å². The summed E-state index contributed by atoms with van der Waals surface area (Å²) in [6, 6.07) is 4.28. The van der Waals surface area contributed by atoms with Crippen LogP contribution in [0.1, 0.15) is 11.1 Å². The van der Waals surface area contributed by atoms with Crippen LogP contribution in [0.15, 0.2) is 12.1 Å². The van der Waals surface area contributed by atoms with E-state index in [2.05, 4.69) is 43.2 Å². The monoisotopic (exact) mass is 264 g/mol. The quantitative estimate of drug-likeness (QED) is 0.898. The highest BCUT2D eigenvalue weighted by atomic mass is 16.5. The van der Waals surface area contributed by atoms with Gasteiger partial charge in [0.15, 0.2) is 0 Å². The Balaban J connectivity index is 2.13. The molecule has 0 radical (unpaired) electrons. The second kappa shape index (κ2) is 6.26. The van der Waals surface area contributed by atoms with Gasteiger partial charge in [-0.3, -0.25) is 0 Å². The molecule has 1 unspecified atom stereocenters. The smallest absolute Gasteiger partial charge is 0.142 e. The number of methoxy groups -OCH3 is 1. The molecule has 0 saturated carbocycles. The molecular formula is C15H24N2O2. The molecular weight excluding hydrogens is 240 g/mol. The van der Waals surface area contributed by atoms with Crippen molar-refractivity contribution in [3.63, 3.8) is 0 Å². The molecule has 4 nitrogen and oxygen atoms in total. The van der Waals surface area contributed by atoms with Crippen molar-refractivity contribution in [2.45, 2.75) is 20.0 Å². The zero-order chi connectivity index (χ0) is 13.8. The van der Waals surface area contributed by atoms with Gasteiger partial charge in [0.05, 0.1) is 25.5 Å². The van der Waals surface area contributed by atoms with E-state index in [4.69, 9.17) is 9.47 Å². The second-order valence-corrected chi connectivity index (χ2v) is 5.19. The molecule has 1 aromatic rings. The molecule has 106 valence electrons. The van der Waals surface area contributed by atoms with Gasteiger partial charge in [0.2, 0.25) is 0 Å². The standard InChI is InChI=1S/C15H24N2O2/c1-11-7-14(15(18-4)8-12(11)2)17(3)10-13-9-16-5-6-19-13/h7-8,13,16H,5-6,9-10H2,1-4H3. The normalized spacial score (nSPS) is 19.3. The predicted octanol–water partition coefficient (Wildman–Crippen LogP) is 1.74. The van der Waals surface area contributed by atoms with Gasteiger partial charge in [-0.2, -0.15) is 0 Å². The lowest BCUT2D eigenvalue weighted by atomic mass is 10.1. The topological polar surface area (TPSA) is 33.7 Å². The highest BCUT2D eigenvalue weighted by molar-refractivity contribution is 5.61. The number of benzene rings is 1. The van der Waals surface area contributed by atoms with Crippen LogP contribution >= 0.6 is 0 Å². The number of nitrogens with zero attached hydrogens (tertiary/aromatic N) is 1. The Morgan fingerprint density at radius 3 is 2.74 bits per heavy atom. The van der Waals surface area contributed by atoms with Gasteiger partial charge in [0.1, 0.15) is 5.75 Å². The molecule has 1 aliphatic rings. The SMILES string of the molecule is COc1cc(C)c(C)cc1N(C)CC1CNCCO1. The van der Waals surface area contributed by atoms with Gasteiger partial charge in [0.25, 0.3) is 0 Å². The molecule has 1 fully saturated rings. The van der Waals surface area contributed by atoms with E-state index in [9.17, 15) is 0 Å². The van der Waals surface area contributed by atoms with Crippen molar-refractivity contribution in [3.8, 4) is 5.75 Å². The molecule has 0 amide bonds. The summed E-state index contributed by atoms with van der Waals surface area (Å²) in [6.07, 6.45) is 0.241. The fraction of sp³-hybridized carbons (Fsp3) is 0.600. The van der Waals surface area contributed by atoms with Crippen molar-refractivity contribution in [3.05, 3.63) is 23.3 Å². The molecule has 4 heteroatoms. The molecule has 0 aromatic heterocycles. The molecule has 1 aliphatic heterocycles. The first-order valence-corrected chi connectivity index (χ1v) is 6.80. The van der Waals surface area contributed by atoms with Crippen molar-refractivity contribution in [2.75, 3.05) is 45.3 Å². The van der Waals surface area contributed by atoms with E-state index in [0.717, 1.165) is 37.7 Å². The van der Waals surface area contributed by atoms with Gasteiger partial charge in [-0.15, -0.1) is 0 Å². The summed E-state index contributed by atoms with van der Waals surface area (Å²) < 4.78 is 11.2. The summed E-state index contributed by atoms with van der Waals surface area (Å²) >= 11 is 0. The molecule has 2 rings (SSSR count). The van der Waals surface area contributed by atoms with Gasteiger partial charge in [0, 0.05) is 26.7 Å². The number of nitrogens with one attached hydrogen (secondary N) is 1. The van der Waals surface area contributed by atoms with Gasteiger partial charge in [-0.25, -0.2) is 0 Å². The minimum absolute atomic E-state index is 0.241. The Morgan fingerprint density at radius 2 is 2.11 bits per heavy atom. The third-order valence-electron chi connectivity index (χ3n) is 3.69. The lowest BCUT2D eigenvalue weighted by molar-refractivity contribution is 0.0340. The largest absolute Gasteiger partial charge is 0.495 e. The van der Waals surface area contributed by atoms with Crippen LogP contribution in [0.25, 0.3) is 0 Å². The summed E-state index contributed by atoms with van der Waals surface area (Å²) in [4.78, 5) is 2.21. The number of aryl methyl sites for hydroxylation is 2. The van der Waals surface area contributed by atoms with Crippen molar-refractivity contribution in [2.24, 2.45) is 0 Å². The maximum atomic E-state index is 5.75. The molecule has 0 spiro atoms. The number of morpholine rings is 1. The Labute approximate surface area is 115 Å². The van der Waals surface area contributed by atoms with Crippen LogP contribution in [0, 0.1) is 13.8 Å². The highest BCUT2D eigenvalue weighted by Crippen LogP contribution is 2.30. The minimum atomic E-state index is 0.241. The fourth-order valence-corrected chi connectivity index (χ4v) is 2.38. The van der Waals surface area contributed by atoms with Crippen LogP contribution in [0.5, 0.6) is 5.75 Å². The van der Waals surface area contributed by atoms with Gasteiger partial charge in [-0.05, 0) is 37.1 Å². The number of hydrogen-bond acceptors (Lipinski definition) is 4. The van der Waals surface area contributed by atoms with E-state index in [-0.39, 0.29) is 6.10 Å². The van der Waals surface area contributed by atoms with Crippen LogP contribution < -0.4 is 15.0 Å². The van der Waals surface area contributed by atoms with Crippen LogP contribution in [-0.4, -0.2) is 46.5 Å². The van der Waals surface area contributed by atoms with E-state index in [0.29, 0.717) is 0 Å². The van der Waals surface area contributed by atoms with Gasteiger partial charge >= 0.3 is 0 Å². The minimum Gasteiger partial charge on any atom is -0.495 e. The maximum absolute atomic E-state index is 5.75. The zero-order valence-corrected chi connectivity index (χ0v) is 12.3. The number of anilines is 1. The molecule has 0 bridgehead atoms. The van der Waals surface area contributed by atoms with Crippen molar-refractivity contribution < 1.29 is 9.47 Å². The number of hydrogen-bond donors (Lipinski definition) is 1. The number of rotatable bonds is 4. The van der Waals surface area contributed by atoms with E-state index < -0.39 is 0 Å². The van der Waals surface area contributed by atoms with E-state index in [1.54, 1.807) is 7.11 Å². The third-order valence-corrected chi connectivity index (χ3v) is 3.69. The Bertz CT molecular complexity index is 428. The molecule has 19 heavy (non-hydrogen) atoms. The lowest BCUT2D eigenvalue weighted by Gasteiger charge is -2.30. The molecule has 1 heterocycles. The number of ether oxygens (including phenoxy) is 2.